The number of nitrogens with one attached hydrogen (secondary N) is 2. The van der Waals surface area contributed by atoms with Crippen LogP contribution in [0.1, 0.15) is 10.4 Å². The quantitative estimate of drug-likeness (QED) is 0.259. The van der Waals surface area contributed by atoms with Gasteiger partial charge >= 0.3 is 6.03 Å². The molecule has 0 spiro atoms. The van der Waals surface area contributed by atoms with E-state index in [2.05, 4.69) is 10.6 Å². The highest BCUT2D eigenvalue weighted by Gasteiger charge is 2.18. The molecule has 0 aliphatic heterocycles. The van der Waals surface area contributed by atoms with Crippen molar-refractivity contribution >= 4 is 23.3 Å². The van der Waals surface area contributed by atoms with Crippen molar-refractivity contribution in [3.8, 4) is 23.0 Å². The number of methoxy groups -OCH3 is 2. The van der Waals surface area contributed by atoms with Crippen molar-refractivity contribution in [2.75, 3.05) is 37.5 Å². The van der Waals surface area contributed by atoms with E-state index in [9.17, 15) is 14.0 Å². The van der Waals surface area contributed by atoms with Crippen LogP contribution in [0.15, 0.2) is 97.1 Å². The van der Waals surface area contributed by atoms with Gasteiger partial charge in [-0.2, -0.15) is 0 Å². The van der Waals surface area contributed by atoms with E-state index in [0.29, 0.717) is 34.2 Å². The third-order valence-corrected chi connectivity index (χ3v) is 5.72. The van der Waals surface area contributed by atoms with Crippen LogP contribution in [0.25, 0.3) is 0 Å². The predicted octanol–water partition coefficient (Wildman–Crippen LogP) is 6.10. The molecule has 0 heterocycles. The predicted molar refractivity (Wildman–Crippen MR) is 148 cm³/mol. The molecule has 0 aliphatic carbocycles. The van der Waals surface area contributed by atoms with E-state index in [0.717, 1.165) is 0 Å². The third kappa shape index (κ3) is 7.26. The van der Waals surface area contributed by atoms with E-state index in [1.165, 1.54) is 37.3 Å². The molecule has 0 radical (unpaired) electrons. The average molecular weight is 530 g/mol. The molecule has 0 atom stereocenters. The van der Waals surface area contributed by atoms with Crippen LogP contribution in [0.4, 0.5) is 20.6 Å². The van der Waals surface area contributed by atoms with Gasteiger partial charge in [0.2, 0.25) is 0 Å². The number of para-hydroxylation sites is 2. The topological polar surface area (TPSA) is 89.1 Å². The van der Waals surface area contributed by atoms with Crippen molar-refractivity contribution in [2.24, 2.45) is 0 Å². The molecule has 4 aromatic carbocycles. The first-order chi connectivity index (χ1) is 19.0. The maximum atomic E-state index is 14.2. The number of hydrogen-bond donors (Lipinski definition) is 2. The molecule has 39 heavy (non-hydrogen) atoms. The lowest BCUT2D eigenvalue weighted by atomic mass is 10.2. The lowest BCUT2D eigenvalue weighted by Gasteiger charge is -2.24. The van der Waals surface area contributed by atoms with Crippen LogP contribution in [0, 0.1) is 5.82 Å². The zero-order valence-electron chi connectivity index (χ0n) is 21.5. The fraction of sp³-hybridized carbons (Fsp3) is 0.133. The number of urea groups is 1. The van der Waals surface area contributed by atoms with Crippen molar-refractivity contribution in [1.29, 1.82) is 0 Å². The second-order valence-corrected chi connectivity index (χ2v) is 8.33. The van der Waals surface area contributed by atoms with Crippen LogP contribution < -0.4 is 29.7 Å². The Bertz CT molecular complexity index is 1390. The Labute approximate surface area is 225 Å². The van der Waals surface area contributed by atoms with Gasteiger partial charge in [0.05, 0.1) is 19.9 Å². The minimum absolute atomic E-state index is 0.0454. The minimum atomic E-state index is -0.561. The Morgan fingerprint density at radius 3 is 2.03 bits per heavy atom. The summed E-state index contributed by atoms with van der Waals surface area (Å²) < 4.78 is 30.5. The van der Waals surface area contributed by atoms with E-state index in [1.807, 2.05) is 30.3 Å². The number of hydrogen-bond acceptors (Lipinski definition) is 5. The lowest BCUT2D eigenvalue weighted by molar-refractivity contribution is 0.0954. The van der Waals surface area contributed by atoms with Crippen molar-refractivity contribution in [1.82, 2.24) is 5.32 Å². The maximum Gasteiger partial charge on any atom is 0.326 e. The SMILES string of the molecule is COc1cc(OC)cc(C(=O)NCCN(C(=O)Nc2ccccc2F)c2ccc(Oc3ccccc3)cc2)c1. The largest absolute Gasteiger partial charge is 0.497 e. The standard InChI is InChI=1S/C30H28FN3O5/c1-37-25-18-21(19-26(20-25)38-2)29(35)32-16-17-34(30(36)33-28-11-7-6-10-27(28)31)22-12-14-24(15-13-22)39-23-8-4-3-5-9-23/h3-15,18-20H,16-17H2,1-2H3,(H,32,35)(H,33,36). The summed E-state index contributed by atoms with van der Waals surface area (Å²) in [6.45, 7) is 0.220. The molecule has 4 aromatic rings. The van der Waals surface area contributed by atoms with Crippen LogP contribution in [0.3, 0.4) is 0 Å². The summed E-state index contributed by atoms with van der Waals surface area (Å²) in [6.07, 6.45) is 0. The third-order valence-electron chi connectivity index (χ3n) is 5.72. The molecule has 0 fully saturated rings. The minimum Gasteiger partial charge on any atom is -0.497 e. The van der Waals surface area contributed by atoms with Crippen LogP contribution in [-0.4, -0.2) is 39.2 Å². The number of carbonyl (C=O) groups is 2. The van der Waals surface area contributed by atoms with Crippen LogP contribution in [-0.2, 0) is 0 Å². The van der Waals surface area contributed by atoms with E-state index >= 15 is 0 Å². The van der Waals surface area contributed by atoms with E-state index in [4.69, 9.17) is 14.2 Å². The Balaban J connectivity index is 1.49. The molecule has 3 amide bonds. The zero-order valence-corrected chi connectivity index (χ0v) is 21.5. The highest BCUT2D eigenvalue weighted by atomic mass is 19.1. The lowest BCUT2D eigenvalue weighted by Crippen LogP contribution is -2.41. The van der Waals surface area contributed by atoms with Gasteiger partial charge in [0.15, 0.2) is 0 Å². The van der Waals surface area contributed by atoms with E-state index in [-0.39, 0.29) is 24.7 Å². The van der Waals surface area contributed by atoms with Crippen LogP contribution in [0.5, 0.6) is 23.0 Å². The van der Waals surface area contributed by atoms with Gasteiger partial charge in [0.25, 0.3) is 5.91 Å². The first-order valence-electron chi connectivity index (χ1n) is 12.1. The summed E-state index contributed by atoms with van der Waals surface area (Å²) in [6, 6.07) is 26.4. The molecule has 9 heteroatoms. The molecule has 0 aliphatic rings. The Morgan fingerprint density at radius 1 is 0.769 bits per heavy atom. The van der Waals surface area contributed by atoms with E-state index < -0.39 is 11.8 Å². The number of nitrogens with zero attached hydrogens (tertiary/aromatic N) is 1. The second-order valence-electron chi connectivity index (χ2n) is 8.33. The molecular weight excluding hydrogens is 501 g/mol. The molecule has 0 unspecified atom stereocenters. The van der Waals surface area contributed by atoms with E-state index in [1.54, 1.807) is 48.5 Å². The smallest absolute Gasteiger partial charge is 0.326 e. The summed E-state index contributed by atoms with van der Waals surface area (Å²) in [5.74, 6) is 1.29. The van der Waals surface area contributed by atoms with Crippen LogP contribution in [0.2, 0.25) is 0 Å². The molecule has 0 bridgehead atoms. The monoisotopic (exact) mass is 529 g/mol. The first kappa shape index (κ1) is 27.0. The highest BCUT2D eigenvalue weighted by Crippen LogP contribution is 2.26. The van der Waals surface area contributed by atoms with Gasteiger partial charge in [-0.1, -0.05) is 30.3 Å². The van der Waals surface area contributed by atoms with Crippen molar-refractivity contribution < 1.29 is 28.2 Å². The van der Waals surface area contributed by atoms with Gasteiger partial charge in [-0.05, 0) is 60.7 Å². The molecule has 8 nitrogen and oxygen atoms in total. The summed E-state index contributed by atoms with van der Waals surface area (Å²) in [5, 5.41) is 5.40. The second kappa shape index (κ2) is 13.0. The molecule has 0 saturated carbocycles. The van der Waals surface area contributed by atoms with Crippen LogP contribution >= 0.6 is 0 Å². The summed E-state index contributed by atoms with van der Waals surface area (Å²) in [7, 11) is 3.00. The number of benzene rings is 4. The number of amides is 3. The molecule has 2 N–H and O–H groups in total. The van der Waals surface area contributed by atoms with Crippen molar-refractivity contribution in [3.05, 3.63) is 108 Å². The number of halogens is 1. The molecule has 200 valence electrons. The summed E-state index contributed by atoms with van der Waals surface area (Å²) in [5.41, 5.74) is 0.918. The van der Waals surface area contributed by atoms with Gasteiger partial charge in [0, 0.05) is 30.4 Å². The molecular formula is C30H28FN3O5. The van der Waals surface area contributed by atoms with Gasteiger partial charge in [-0.25, -0.2) is 9.18 Å². The highest BCUT2D eigenvalue weighted by molar-refractivity contribution is 6.02. The van der Waals surface area contributed by atoms with Crippen molar-refractivity contribution in [2.45, 2.75) is 0 Å². The van der Waals surface area contributed by atoms with Gasteiger partial charge in [-0.3, -0.25) is 9.69 Å². The normalized spacial score (nSPS) is 10.3. The summed E-state index contributed by atoms with van der Waals surface area (Å²) in [4.78, 5) is 27.4. The van der Waals surface area contributed by atoms with Crippen molar-refractivity contribution in [3.63, 3.8) is 0 Å². The molecule has 4 rings (SSSR count). The Hall–Kier alpha value is -5.05. The zero-order chi connectivity index (χ0) is 27.6. The Kier molecular flexibility index (Phi) is 8.97. The van der Waals surface area contributed by atoms with Gasteiger partial charge < -0.3 is 24.8 Å². The Morgan fingerprint density at radius 2 is 1.38 bits per heavy atom. The summed E-state index contributed by atoms with van der Waals surface area (Å²) >= 11 is 0. The number of rotatable bonds is 10. The fourth-order valence-electron chi connectivity index (χ4n) is 3.73. The van der Waals surface area contributed by atoms with Gasteiger partial charge in [0.1, 0.15) is 28.8 Å². The van der Waals surface area contributed by atoms with Gasteiger partial charge in [-0.15, -0.1) is 0 Å². The average Bonchev–Trinajstić information content (AvgIpc) is 2.97. The fourth-order valence-corrected chi connectivity index (χ4v) is 3.73. The number of anilines is 2. The number of ether oxygens (including phenoxy) is 3. The molecule has 0 saturated heterocycles. The first-order valence-corrected chi connectivity index (χ1v) is 12.1. The number of carbonyl (C=O) groups excluding carboxylic acids is 2. The molecule has 0 aromatic heterocycles. The maximum absolute atomic E-state index is 14.2.